The van der Waals surface area contributed by atoms with Gasteiger partial charge in [0.25, 0.3) is 0 Å². The van der Waals surface area contributed by atoms with Gasteiger partial charge in [0.15, 0.2) is 0 Å². The lowest BCUT2D eigenvalue weighted by Gasteiger charge is -2.33. The second kappa shape index (κ2) is 5.72. The van der Waals surface area contributed by atoms with Gasteiger partial charge in [0.1, 0.15) is 5.04 Å². The standard InChI is InChI=1S/C16H14ClN3O2S/c1-23(11-8-6-10(17)7-9-11)15(19-16(22)20-23)13-5-3-2-4-12(13)14(18)21/h2-9H,1H3,(H2,18,21)(H,20,22). The molecule has 5 nitrogen and oxygen atoms in total. The van der Waals surface area contributed by atoms with Crippen molar-refractivity contribution in [1.82, 2.24) is 4.72 Å². The maximum absolute atomic E-state index is 11.9. The average molecular weight is 348 g/mol. The predicted molar refractivity (Wildman–Crippen MR) is 93.3 cm³/mol. The Labute approximate surface area is 140 Å². The fourth-order valence-electron chi connectivity index (χ4n) is 2.47. The van der Waals surface area contributed by atoms with E-state index in [2.05, 4.69) is 9.71 Å². The summed E-state index contributed by atoms with van der Waals surface area (Å²) in [5.41, 5.74) is 6.37. The van der Waals surface area contributed by atoms with Crippen LogP contribution in [0.3, 0.4) is 0 Å². The van der Waals surface area contributed by atoms with Crippen molar-refractivity contribution in [1.29, 1.82) is 0 Å². The van der Waals surface area contributed by atoms with Crippen LogP contribution in [0, 0.1) is 0 Å². The third-order valence-corrected chi connectivity index (χ3v) is 6.72. The first kappa shape index (κ1) is 15.6. The number of urea groups is 1. The van der Waals surface area contributed by atoms with Gasteiger partial charge in [-0.25, -0.2) is 4.79 Å². The number of hydrogen-bond acceptors (Lipinski definition) is 2. The lowest BCUT2D eigenvalue weighted by atomic mass is 10.1. The number of nitrogens with zero attached hydrogens (tertiary/aromatic N) is 1. The smallest absolute Gasteiger partial charge is 0.351 e. The molecule has 7 heteroatoms. The zero-order valence-electron chi connectivity index (χ0n) is 12.2. The van der Waals surface area contributed by atoms with E-state index in [1.165, 1.54) is 0 Å². The van der Waals surface area contributed by atoms with Crippen molar-refractivity contribution in [3.63, 3.8) is 0 Å². The van der Waals surface area contributed by atoms with Crippen LogP contribution in [0.5, 0.6) is 0 Å². The number of carbonyl (C=O) groups excluding carboxylic acids is 2. The quantitative estimate of drug-likeness (QED) is 0.892. The Morgan fingerprint density at radius 3 is 2.48 bits per heavy atom. The maximum Gasteiger partial charge on any atom is 0.351 e. The minimum Gasteiger partial charge on any atom is -0.366 e. The lowest BCUT2D eigenvalue weighted by molar-refractivity contribution is 0.1000. The predicted octanol–water partition coefficient (Wildman–Crippen LogP) is 3.32. The second-order valence-corrected chi connectivity index (χ2v) is 8.44. The molecule has 0 bridgehead atoms. The molecule has 1 unspecified atom stereocenters. The fraction of sp³-hybridized carbons (Fsp3) is 0.0625. The van der Waals surface area contributed by atoms with Crippen LogP contribution in [0.15, 0.2) is 58.4 Å². The van der Waals surface area contributed by atoms with Gasteiger partial charge in [0, 0.05) is 21.0 Å². The number of nitrogens with two attached hydrogens (primary N) is 1. The molecule has 1 heterocycles. The fourth-order valence-corrected chi connectivity index (χ4v) is 4.99. The van der Waals surface area contributed by atoms with Crippen LogP contribution in [0.1, 0.15) is 15.9 Å². The molecule has 23 heavy (non-hydrogen) atoms. The van der Waals surface area contributed by atoms with Crippen molar-refractivity contribution in [2.45, 2.75) is 4.90 Å². The number of primary amides is 1. The van der Waals surface area contributed by atoms with Crippen LogP contribution < -0.4 is 10.5 Å². The lowest BCUT2D eigenvalue weighted by Crippen LogP contribution is -2.24. The molecule has 0 radical (unpaired) electrons. The van der Waals surface area contributed by atoms with Gasteiger partial charge in [-0.15, -0.1) is 0 Å². The monoisotopic (exact) mass is 347 g/mol. The normalized spacial score (nSPS) is 22.9. The molecule has 3 rings (SSSR count). The Morgan fingerprint density at radius 1 is 1.17 bits per heavy atom. The van der Waals surface area contributed by atoms with Crippen molar-refractivity contribution >= 4 is 38.8 Å². The van der Waals surface area contributed by atoms with Crippen LogP contribution in [0.25, 0.3) is 0 Å². The summed E-state index contributed by atoms with van der Waals surface area (Å²) in [6.07, 6.45) is 1.91. The third kappa shape index (κ3) is 2.71. The van der Waals surface area contributed by atoms with E-state index in [9.17, 15) is 9.59 Å². The number of rotatable bonds is 3. The van der Waals surface area contributed by atoms with Gasteiger partial charge >= 0.3 is 6.03 Å². The van der Waals surface area contributed by atoms with Gasteiger partial charge in [-0.05, 0) is 36.6 Å². The van der Waals surface area contributed by atoms with Crippen molar-refractivity contribution in [3.05, 3.63) is 64.7 Å². The Bertz CT molecular complexity index is 835. The highest BCUT2D eigenvalue weighted by molar-refractivity contribution is 8.44. The summed E-state index contributed by atoms with van der Waals surface area (Å²) in [5.74, 6) is -0.555. The first-order valence-electron chi connectivity index (χ1n) is 6.75. The van der Waals surface area contributed by atoms with Gasteiger partial charge in [-0.1, -0.05) is 40.0 Å². The van der Waals surface area contributed by atoms with Gasteiger partial charge in [0.2, 0.25) is 5.91 Å². The van der Waals surface area contributed by atoms with E-state index in [1.807, 2.05) is 18.4 Å². The van der Waals surface area contributed by atoms with Crippen LogP contribution in [-0.4, -0.2) is 23.2 Å². The van der Waals surface area contributed by atoms with E-state index >= 15 is 0 Å². The van der Waals surface area contributed by atoms with E-state index in [0.29, 0.717) is 21.2 Å². The topological polar surface area (TPSA) is 84.6 Å². The number of benzene rings is 2. The largest absolute Gasteiger partial charge is 0.366 e. The Kier molecular flexibility index (Phi) is 3.87. The zero-order valence-corrected chi connectivity index (χ0v) is 13.8. The molecular formula is C16H14ClN3O2S. The van der Waals surface area contributed by atoms with Crippen molar-refractivity contribution < 1.29 is 9.59 Å². The number of aliphatic imine (C=N–C) groups is 1. The van der Waals surface area contributed by atoms with Crippen LogP contribution in [-0.2, 0) is 0 Å². The summed E-state index contributed by atoms with van der Waals surface area (Å²) in [6, 6.07) is 13.7. The minimum absolute atomic E-state index is 0.343. The molecule has 118 valence electrons. The van der Waals surface area contributed by atoms with E-state index in [1.54, 1.807) is 36.4 Å². The first-order valence-corrected chi connectivity index (χ1v) is 9.17. The van der Waals surface area contributed by atoms with Crippen molar-refractivity contribution in [2.75, 3.05) is 6.26 Å². The van der Waals surface area contributed by atoms with E-state index in [-0.39, 0.29) is 0 Å². The Balaban J connectivity index is 2.17. The van der Waals surface area contributed by atoms with Gasteiger partial charge in [0.05, 0.1) is 0 Å². The third-order valence-electron chi connectivity index (χ3n) is 3.59. The molecule has 3 N–H and O–H groups in total. The van der Waals surface area contributed by atoms with Crippen molar-refractivity contribution in [3.8, 4) is 0 Å². The van der Waals surface area contributed by atoms with Gasteiger partial charge in [-0.2, -0.15) is 4.99 Å². The molecule has 0 saturated heterocycles. The second-order valence-electron chi connectivity index (χ2n) is 5.11. The summed E-state index contributed by atoms with van der Waals surface area (Å²) >= 11 is 5.94. The highest BCUT2D eigenvalue weighted by Gasteiger charge is 2.37. The molecule has 1 atom stereocenters. The van der Waals surface area contributed by atoms with Crippen molar-refractivity contribution in [2.24, 2.45) is 10.7 Å². The number of amides is 3. The zero-order chi connectivity index (χ0) is 16.6. The van der Waals surface area contributed by atoms with Gasteiger partial charge < -0.3 is 5.73 Å². The molecule has 1 aliphatic rings. The first-order chi connectivity index (χ1) is 10.9. The number of nitrogens with one attached hydrogen (secondary N) is 1. The summed E-state index contributed by atoms with van der Waals surface area (Å²) in [6.45, 7) is 0. The number of halogens is 1. The molecular weight excluding hydrogens is 334 g/mol. The average Bonchev–Trinajstić information content (AvgIpc) is 2.83. The molecule has 0 spiro atoms. The van der Waals surface area contributed by atoms with Crippen LogP contribution in [0.4, 0.5) is 4.79 Å². The summed E-state index contributed by atoms with van der Waals surface area (Å²) in [5, 5.41) is 1.15. The molecule has 0 fully saturated rings. The Hall–Kier alpha value is -2.31. The van der Waals surface area contributed by atoms with Crippen LogP contribution in [0.2, 0.25) is 5.02 Å². The van der Waals surface area contributed by atoms with E-state index in [0.717, 1.165) is 4.90 Å². The number of carbonyl (C=O) groups is 2. The molecule has 0 aliphatic carbocycles. The molecule has 0 aromatic heterocycles. The molecule has 1 aliphatic heterocycles. The summed E-state index contributed by atoms with van der Waals surface area (Å²) < 4.78 is 2.93. The molecule has 0 saturated carbocycles. The minimum atomic E-state index is -1.91. The molecule has 3 amide bonds. The van der Waals surface area contributed by atoms with E-state index < -0.39 is 22.2 Å². The maximum atomic E-state index is 11.9. The highest BCUT2D eigenvalue weighted by atomic mass is 35.5. The van der Waals surface area contributed by atoms with Crippen LogP contribution >= 0.6 is 21.8 Å². The molecule has 2 aromatic rings. The van der Waals surface area contributed by atoms with Gasteiger partial charge in [-0.3, -0.25) is 9.52 Å². The van der Waals surface area contributed by atoms with E-state index in [4.69, 9.17) is 17.3 Å². The summed E-state index contributed by atoms with van der Waals surface area (Å²) in [4.78, 5) is 28.7. The molecule has 2 aromatic carbocycles. The SMILES string of the molecule is CS1(c2ccc(Cl)cc2)NC(=O)N=C1c1ccccc1C(N)=O. The Morgan fingerprint density at radius 2 is 1.83 bits per heavy atom. The summed E-state index contributed by atoms with van der Waals surface area (Å²) in [7, 11) is -1.91. The number of hydrogen-bond donors (Lipinski definition) is 2. The highest BCUT2D eigenvalue weighted by Crippen LogP contribution is 2.55.